The molecule has 3 nitrogen and oxygen atoms in total. The van der Waals surface area contributed by atoms with Gasteiger partial charge in [0.15, 0.2) is 0 Å². The van der Waals surface area contributed by atoms with Gasteiger partial charge in [0.1, 0.15) is 5.75 Å². The summed E-state index contributed by atoms with van der Waals surface area (Å²) in [5.41, 5.74) is 1.14. The Bertz CT molecular complexity index is 382. The first kappa shape index (κ1) is 14.4. The topological polar surface area (TPSA) is 30.5 Å². The van der Waals surface area contributed by atoms with Gasteiger partial charge < -0.3 is 14.8 Å². The Hall–Kier alpha value is -1.06. The fraction of sp³-hybridized carbons (Fsp3) is 0.625. The number of hydrogen-bond donors (Lipinski definition) is 1. The second kappa shape index (κ2) is 6.92. The highest BCUT2D eigenvalue weighted by Gasteiger charge is 2.24. The molecule has 0 heterocycles. The standard InChI is InChI=1S/C16H25NO2/c1-12(2)17-10-16(19-11-13-8-9-13)14-6-4-5-7-15(14)18-3/h4-7,12-13,16-17H,8-11H2,1-3H3. The fourth-order valence-electron chi connectivity index (χ4n) is 2.07. The van der Waals surface area contributed by atoms with E-state index in [-0.39, 0.29) is 6.10 Å². The first-order chi connectivity index (χ1) is 9.20. The van der Waals surface area contributed by atoms with Gasteiger partial charge in [0, 0.05) is 18.2 Å². The van der Waals surface area contributed by atoms with Crippen LogP contribution < -0.4 is 10.1 Å². The molecular formula is C16H25NO2. The number of para-hydroxylation sites is 1. The zero-order valence-corrected chi connectivity index (χ0v) is 12.2. The van der Waals surface area contributed by atoms with Gasteiger partial charge in [-0.05, 0) is 24.8 Å². The molecule has 0 radical (unpaired) electrons. The van der Waals surface area contributed by atoms with Crippen molar-refractivity contribution in [2.45, 2.75) is 38.8 Å². The number of rotatable bonds is 8. The van der Waals surface area contributed by atoms with Crippen molar-refractivity contribution >= 4 is 0 Å². The van der Waals surface area contributed by atoms with E-state index in [1.54, 1.807) is 7.11 Å². The molecule has 1 fully saturated rings. The second-order valence-corrected chi connectivity index (χ2v) is 5.57. The highest BCUT2D eigenvalue weighted by Crippen LogP contribution is 2.33. The summed E-state index contributed by atoms with van der Waals surface area (Å²) in [5.74, 6) is 1.69. The lowest BCUT2D eigenvalue weighted by atomic mass is 10.1. The maximum Gasteiger partial charge on any atom is 0.124 e. The SMILES string of the molecule is COc1ccccc1C(CNC(C)C)OCC1CC1. The van der Waals surface area contributed by atoms with Gasteiger partial charge in [-0.15, -0.1) is 0 Å². The van der Waals surface area contributed by atoms with Gasteiger partial charge >= 0.3 is 0 Å². The van der Waals surface area contributed by atoms with Crippen LogP contribution in [0.2, 0.25) is 0 Å². The maximum absolute atomic E-state index is 6.10. The summed E-state index contributed by atoms with van der Waals surface area (Å²) >= 11 is 0. The summed E-state index contributed by atoms with van der Waals surface area (Å²) in [6, 6.07) is 8.59. The molecule has 2 rings (SSSR count). The number of nitrogens with one attached hydrogen (secondary N) is 1. The zero-order valence-electron chi connectivity index (χ0n) is 12.2. The Kier molecular flexibility index (Phi) is 5.23. The molecule has 1 saturated carbocycles. The van der Waals surface area contributed by atoms with Crippen LogP contribution >= 0.6 is 0 Å². The third kappa shape index (κ3) is 4.51. The minimum absolute atomic E-state index is 0.0687. The molecule has 106 valence electrons. The Balaban J connectivity index is 2.04. The molecule has 1 unspecified atom stereocenters. The Labute approximate surface area is 116 Å². The molecule has 0 bridgehead atoms. The molecule has 3 heteroatoms. The van der Waals surface area contributed by atoms with E-state index < -0.39 is 0 Å². The lowest BCUT2D eigenvalue weighted by Crippen LogP contribution is -2.29. The third-order valence-corrected chi connectivity index (χ3v) is 3.43. The minimum Gasteiger partial charge on any atom is -0.496 e. The largest absolute Gasteiger partial charge is 0.496 e. The Morgan fingerprint density at radius 3 is 2.63 bits per heavy atom. The van der Waals surface area contributed by atoms with Crippen LogP contribution in [0.1, 0.15) is 38.4 Å². The van der Waals surface area contributed by atoms with E-state index in [0.29, 0.717) is 6.04 Å². The molecular weight excluding hydrogens is 238 g/mol. The van der Waals surface area contributed by atoms with Crippen LogP contribution in [-0.2, 0) is 4.74 Å². The predicted molar refractivity (Wildman–Crippen MR) is 77.5 cm³/mol. The van der Waals surface area contributed by atoms with E-state index in [1.165, 1.54) is 12.8 Å². The van der Waals surface area contributed by atoms with Crippen molar-refractivity contribution in [2.75, 3.05) is 20.3 Å². The van der Waals surface area contributed by atoms with Gasteiger partial charge in [0.2, 0.25) is 0 Å². The van der Waals surface area contributed by atoms with Gasteiger partial charge in [-0.2, -0.15) is 0 Å². The lowest BCUT2D eigenvalue weighted by Gasteiger charge is -2.22. The number of benzene rings is 1. The smallest absolute Gasteiger partial charge is 0.124 e. The predicted octanol–water partition coefficient (Wildman–Crippen LogP) is 3.16. The van der Waals surface area contributed by atoms with Crippen molar-refractivity contribution < 1.29 is 9.47 Å². The van der Waals surface area contributed by atoms with Crippen molar-refractivity contribution in [2.24, 2.45) is 5.92 Å². The molecule has 1 atom stereocenters. The first-order valence-electron chi connectivity index (χ1n) is 7.18. The number of methoxy groups -OCH3 is 1. The molecule has 1 aliphatic carbocycles. The molecule has 0 aliphatic heterocycles. The van der Waals surface area contributed by atoms with Crippen molar-refractivity contribution in [3.05, 3.63) is 29.8 Å². The van der Waals surface area contributed by atoms with Crippen LogP contribution in [0.3, 0.4) is 0 Å². The minimum atomic E-state index is 0.0687. The summed E-state index contributed by atoms with van der Waals surface area (Å²) in [5, 5.41) is 3.46. The molecule has 1 aromatic rings. The molecule has 19 heavy (non-hydrogen) atoms. The highest BCUT2D eigenvalue weighted by atomic mass is 16.5. The Morgan fingerprint density at radius 1 is 1.26 bits per heavy atom. The molecule has 0 spiro atoms. The normalized spacial score (nSPS) is 16.6. The second-order valence-electron chi connectivity index (χ2n) is 5.57. The van der Waals surface area contributed by atoms with Gasteiger partial charge in [-0.25, -0.2) is 0 Å². The van der Waals surface area contributed by atoms with E-state index in [2.05, 4.69) is 25.2 Å². The van der Waals surface area contributed by atoms with Crippen LogP contribution in [0, 0.1) is 5.92 Å². The van der Waals surface area contributed by atoms with E-state index in [4.69, 9.17) is 9.47 Å². The summed E-state index contributed by atoms with van der Waals surface area (Å²) in [6.07, 6.45) is 2.70. The monoisotopic (exact) mass is 263 g/mol. The molecule has 1 aliphatic rings. The summed E-state index contributed by atoms with van der Waals surface area (Å²) < 4.78 is 11.6. The van der Waals surface area contributed by atoms with Crippen LogP contribution in [0.15, 0.2) is 24.3 Å². The number of ether oxygens (including phenoxy) is 2. The van der Waals surface area contributed by atoms with Crippen LogP contribution in [0.5, 0.6) is 5.75 Å². The number of hydrogen-bond acceptors (Lipinski definition) is 3. The average molecular weight is 263 g/mol. The Morgan fingerprint density at radius 2 is 2.00 bits per heavy atom. The highest BCUT2D eigenvalue weighted by molar-refractivity contribution is 5.35. The van der Waals surface area contributed by atoms with Crippen LogP contribution in [0.4, 0.5) is 0 Å². The summed E-state index contributed by atoms with van der Waals surface area (Å²) in [7, 11) is 1.71. The lowest BCUT2D eigenvalue weighted by molar-refractivity contribution is 0.0425. The summed E-state index contributed by atoms with van der Waals surface area (Å²) in [4.78, 5) is 0. The fourth-order valence-corrected chi connectivity index (χ4v) is 2.07. The molecule has 1 aromatic carbocycles. The third-order valence-electron chi connectivity index (χ3n) is 3.43. The van der Waals surface area contributed by atoms with E-state index in [1.807, 2.05) is 18.2 Å². The average Bonchev–Trinajstić information content (AvgIpc) is 3.23. The first-order valence-corrected chi connectivity index (χ1v) is 7.18. The molecule has 0 saturated heterocycles. The van der Waals surface area contributed by atoms with Gasteiger partial charge in [-0.1, -0.05) is 32.0 Å². The summed E-state index contributed by atoms with van der Waals surface area (Å²) in [6.45, 7) is 5.99. The van der Waals surface area contributed by atoms with Crippen molar-refractivity contribution in [3.63, 3.8) is 0 Å². The van der Waals surface area contributed by atoms with Crippen molar-refractivity contribution in [1.29, 1.82) is 0 Å². The zero-order chi connectivity index (χ0) is 13.7. The molecule has 1 N–H and O–H groups in total. The van der Waals surface area contributed by atoms with Crippen LogP contribution in [0.25, 0.3) is 0 Å². The maximum atomic E-state index is 6.10. The van der Waals surface area contributed by atoms with E-state index >= 15 is 0 Å². The van der Waals surface area contributed by atoms with Gasteiger partial charge in [0.05, 0.1) is 19.8 Å². The van der Waals surface area contributed by atoms with E-state index in [0.717, 1.165) is 30.4 Å². The quantitative estimate of drug-likeness (QED) is 0.781. The van der Waals surface area contributed by atoms with Crippen LogP contribution in [-0.4, -0.2) is 26.3 Å². The molecule has 0 amide bonds. The van der Waals surface area contributed by atoms with Gasteiger partial charge in [-0.3, -0.25) is 0 Å². The molecule has 0 aromatic heterocycles. The van der Waals surface area contributed by atoms with Gasteiger partial charge in [0.25, 0.3) is 0 Å². The van der Waals surface area contributed by atoms with Crippen molar-refractivity contribution in [1.82, 2.24) is 5.32 Å². The van der Waals surface area contributed by atoms with E-state index in [9.17, 15) is 0 Å². The van der Waals surface area contributed by atoms with Crippen molar-refractivity contribution in [3.8, 4) is 5.75 Å².